The Morgan fingerprint density at radius 3 is 1.65 bits per heavy atom. The summed E-state index contributed by atoms with van der Waals surface area (Å²) in [5, 5.41) is 5.85. The number of aromatic nitrogens is 4. The topological polar surface area (TPSA) is 69.9 Å². The van der Waals surface area contributed by atoms with Crippen LogP contribution in [0.25, 0.3) is 106 Å². The molecule has 0 bridgehead atoms. The minimum atomic E-state index is -0.492. The molecule has 51 heavy (non-hydrogen) atoms. The average Bonchev–Trinajstić information content (AvgIpc) is 3.91. The summed E-state index contributed by atoms with van der Waals surface area (Å²) in [7, 11) is 0. The maximum absolute atomic E-state index is 8.76. The molecule has 0 saturated carbocycles. The summed E-state index contributed by atoms with van der Waals surface area (Å²) in [5.74, 6) is 0.503. The second kappa shape index (κ2) is 10.7. The predicted molar refractivity (Wildman–Crippen MR) is 205 cm³/mol. The molecule has 0 radical (unpaired) electrons. The van der Waals surface area contributed by atoms with Crippen LogP contribution in [-0.2, 0) is 0 Å². The van der Waals surface area contributed by atoms with E-state index in [0.717, 1.165) is 60.2 Å². The van der Waals surface area contributed by atoms with Gasteiger partial charge in [-0.3, -0.25) is 0 Å². The molecule has 4 aromatic heterocycles. The SMILES string of the molecule is [2H]c1c([2H])c([2H])c(-c2nc(-c3ccc4oc5ccccc5c4c3)nc(-c3ccc4oc5c(-n6c7ccccc7c7ccccc76)cccc5c4c3)n2)c([2H])c1[2H]. The van der Waals surface area contributed by atoms with E-state index in [1.807, 2.05) is 84.9 Å². The Morgan fingerprint density at radius 2 is 0.961 bits per heavy atom. The number of hydrogen-bond acceptors (Lipinski definition) is 5. The Hall–Kier alpha value is -7.05. The van der Waals surface area contributed by atoms with Crippen molar-refractivity contribution in [1.29, 1.82) is 0 Å². The first kappa shape index (κ1) is 23.3. The second-order valence-electron chi connectivity index (χ2n) is 12.5. The highest BCUT2D eigenvalue weighted by atomic mass is 16.3. The van der Waals surface area contributed by atoms with E-state index in [2.05, 4.69) is 47.0 Å². The summed E-state index contributed by atoms with van der Waals surface area (Å²) in [5.41, 5.74) is 7.07. The smallest absolute Gasteiger partial charge is 0.164 e. The van der Waals surface area contributed by atoms with Gasteiger partial charge in [0, 0.05) is 49.0 Å². The number of hydrogen-bond donors (Lipinski definition) is 0. The van der Waals surface area contributed by atoms with Gasteiger partial charge in [-0.15, -0.1) is 0 Å². The summed E-state index contributed by atoms with van der Waals surface area (Å²) in [6.45, 7) is 0. The fourth-order valence-electron chi connectivity index (χ4n) is 7.25. The van der Waals surface area contributed by atoms with Gasteiger partial charge in [0.25, 0.3) is 0 Å². The first-order valence-corrected chi connectivity index (χ1v) is 16.5. The molecule has 0 aliphatic rings. The van der Waals surface area contributed by atoms with Gasteiger partial charge in [0.15, 0.2) is 23.1 Å². The molecule has 0 fully saturated rings. The molecule has 0 N–H and O–H groups in total. The van der Waals surface area contributed by atoms with Crippen LogP contribution in [0.3, 0.4) is 0 Å². The average molecular weight is 660 g/mol. The van der Waals surface area contributed by atoms with Crippen LogP contribution < -0.4 is 0 Å². The van der Waals surface area contributed by atoms with Crippen molar-refractivity contribution >= 4 is 65.7 Å². The maximum Gasteiger partial charge on any atom is 0.164 e. The van der Waals surface area contributed by atoms with Crippen LogP contribution in [0.15, 0.2) is 166 Å². The van der Waals surface area contributed by atoms with E-state index >= 15 is 0 Å². The Bertz CT molecular complexity index is 3380. The number of furan rings is 2. The van der Waals surface area contributed by atoms with Gasteiger partial charge in [0.05, 0.1) is 23.6 Å². The first-order chi connectivity index (χ1) is 27.3. The molecule has 11 rings (SSSR count). The largest absolute Gasteiger partial charge is 0.456 e. The number of fused-ring (bicyclic) bond motifs is 9. The van der Waals surface area contributed by atoms with Gasteiger partial charge in [0.2, 0.25) is 0 Å². The van der Waals surface area contributed by atoms with Crippen molar-refractivity contribution in [2.24, 2.45) is 0 Å². The lowest BCUT2D eigenvalue weighted by atomic mass is 10.1. The van der Waals surface area contributed by atoms with E-state index in [-0.39, 0.29) is 23.0 Å². The summed E-state index contributed by atoms with van der Waals surface area (Å²) < 4.78 is 57.4. The van der Waals surface area contributed by atoms with Crippen LogP contribution in [0.5, 0.6) is 0 Å². The van der Waals surface area contributed by atoms with E-state index in [1.165, 1.54) is 0 Å². The van der Waals surface area contributed by atoms with Crippen molar-refractivity contribution in [3.63, 3.8) is 0 Å². The monoisotopic (exact) mass is 659 g/mol. The van der Waals surface area contributed by atoms with Gasteiger partial charge < -0.3 is 13.4 Å². The molecule has 6 heteroatoms. The van der Waals surface area contributed by atoms with Crippen LogP contribution in [0.4, 0.5) is 0 Å². The van der Waals surface area contributed by atoms with Crippen LogP contribution in [-0.4, -0.2) is 19.5 Å². The Morgan fingerprint density at radius 1 is 0.431 bits per heavy atom. The fourth-order valence-corrected chi connectivity index (χ4v) is 7.25. The first-order valence-electron chi connectivity index (χ1n) is 19.0. The highest BCUT2D eigenvalue weighted by molar-refractivity contribution is 6.13. The zero-order chi connectivity index (χ0) is 37.8. The molecule has 0 unspecified atom stereocenters. The fraction of sp³-hybridized carbons (Fsp3) is 0. The van der Waals surface area contributed by atoms with E-state index in [9.17, 15) is 0 Å². The summed E-state index contributed by atoms with van der Waals surface area (Å²) in [4.78, 5) is 14.5. The van der Waals surface area contributed by atoms with Crippen LogP contribution in [0.1, 0.15) is 6.85 Å². The van der Waals surface area contributed by atoms with Crippen molar-refractivity contribution in [1.82, 2.24) is 19.5 Å². The molecule has 6 nitrogen and oxygen atoms in total. The molecule has 4 heterocycles. The minimum Gasteiger partial charge on any atom is -0.456 e. The van der Waals surface area contributed by atoms with Crippen molar-refractivity contribution in [2.75, 3.05) is 0 Å². The summed E-state index contributed by atoms with van der Waals surface area (Å²) in [6, 6.07) is 39.7. The molecule has 7 aromatic carbocycles. The zero-order valence-electron chi connectivity index (χ0n) is 31.7. The minimum absolute atomic E-state index is 0.0371. The van der Waals surface area contributed by atoms with Crippen molar-refractivity contribution < 1.29 is 15.7 Å². The molecule has 0 aliphatic carbocycles. The third-order valence-corrected chi connectivity index (χ3v) is 9.55. The van der Waals surface area contributed by atoms with E-state index in [1.54, 1.807) is 0 Å². The van der Waals surface area contributed by atoms with E-state index in [4.69, 9.17) is 30.6 Å². The Kier molecular flexibility index (Phi) is 4.91. The lowest BCUT2D eigenvalue weighted by Gasteiger charge is -2.09. The van der Waals surface area contributed by atoms with Gasteiger partial charge >= 0.3 is 0 Å². The van der Waals surface area contributed by atoms with Gasteiger partial charge in [-0.1, -0.05) is 96.9 Å². The highest BCUT2D eigenvalue weighted by Crippen LogP contribution is 2.39. The van der Waals surface area contributed by atoms with Crippen LogP contribution >= 0.6 is 0 Å². The third-order valence-electron chi connectivity index (χ3n) is 9.55. The predicted octanol–water partition coefficient (Wildman–Crippen LogP) is 11.8. The maximum atomic E-state index is 8.76. The standard InChI is InChI=1S/C45H26N4O2/c1-2-11-27(12-3-1)43-46-44(28-21-23-40-34(25-28)32-15-6-9-20-39(32)50-40)48-45(47-43)29-22-24-41-35(26-29)33-16-10-19-38(42(33)51-41)49-36-17-7-4-13-30(36)31-14-5-8-18-37(31)49/h1-26H/i1D,2D,3D,11D,12D. The van der Waals surface area contributed by atoms with Crippen molar-refractivity contribution in [3.05, 3.63) is 158 Å². The third kappa shape index (κ3) is 4.26. The molecule has 11 aromatic rings. The molecule has 0 saturated heterocycles. The van der Waals surface area contributed by atoms with Crippen LogP contribution in [0, 0.1) is 0 Å². The molecule has 238 valence electrons. The van der Waals surface area contributed by atoms with E-state index < -0.39 is 30.2 Å². The molecular formula is C45H26N4O2. The second-order valence-corrected chi connectivity index (χ2v) is 12.5. The molecular weight excluding hydrogens is 629 g/mol. The molecule has 0 amide bonds. The summed E-state index contributed by atoms with van der Waals surface area (Å²) in [6.07, 6.45) is 0. The van der Waals surface area contributed by atoms with E-state index in [0.29, 0.717) is 22.3 Å². The zero-order valence-corrected chi connectivity index (χ0v) is 26.7. The molecule has 0 spiro atoms. The van der Waals surface area contributed by atoms with Gasteiger partial charge in [-0.2, -0.15) is 0 Å². The number of rotatable bonds is 4. The number of benzene rings is 7. The van der Waals surface area contributed by atoms with Crippen molar-refractivity contribution in [2.45, 2.75) is 0 Å². The quantitative estimate of drug-likeness (QED) is 0.188. The van der Waals surface area contributed by atoms with Gasteiger partial charge in [0.1, 0.15) is 16.7 Å². The normalized spacial score (nSPS) is 13.3. The van der Waals surface area contributed by atoms with Crippen molar-refractivity contribution in [3.8, 4) is 39.9 Å². The lowest BCUT2D eigenvalue weighted by molar-refractivity contribution is 0.666. The number of nitrogens with zero attached hydrogens (tertiary/aromatic N) is 4. The molecule has 0 atom stereocenters. The Labute approximate surface area is 297 Å². The summed E-state index contributed by atoms with van der Waals surface area (Å²) >= 11 is 0. The number of para-hydroxylation sites is 4. The van der Waals surface area contributed by atoms with Gasteiger partial charge in [-0.05, 0) is 60.7 Å². The van der Waals surface area contributed by atoms with Crippen LogP contribution in [0.2, 0.25) is 0 Å². The lowest BCUT2D eigenvalue weighted by Crippen LogP contribution is -2.00. The Balaban J connectivity index is 1.13. The highest BCUT2D eigenvalue weighted by Gasteiger charge is 2.19. The molecule has 0 aliphatic heterocycles. The van der Waals surface area contributed by atoms with Gasteiger partial charge in [-0.25, -0.2) is 15.0 Å².